The number of hydrogen-bond acceptors (Lipinski definition) is 4. The molecular weight excluding hydrogens is 254 g/mol. The van der Waals surface area contributed by atoms with Crippen LogP contribution in [0, 0.1) is 0 Å². The summed E-state index contributed by atoms with van der Waals surface area (Å²) in [6.45, 7) is 5.11. The highest BCUT2D eigenvalue weighted by Crippen LogP contribution is 2.19. The topological polar surface area (TPSA) is 49.8 Å². The van der Waals surface area contributed by atoms with Gasteiger partial charge in [-0.3, -0.25) is 9.69 Å². The van der Waals surface area contributed by atoms with Gasteiger partial charge in [0.2, 0.25) is 0 Å². The Hall–Kier alpha value is -1.39. The number of ketones is 1. The lowest BCUT2D eigenvalue weighted by molar-refractivity contribution is 0.0847. The first-order valence-corrected chi connectivity index (χ1v) is 7.18. The fourth-order valence-electron chi connectivity index (χ4n) is 2.47. The van der Waals surface area contributed by atoms with Crippen LogP contribution in [0.3, 0.4) is 0 Å². The first kappa shape index (κ1) is 16.7. The Morgan fingerprint density at radius 3 is 2.50 bits per heavy atom. The van der Waals surface area contributed by atoms with E-state index in [1.54, 1.807) is 19.2 Å². The van der Waals surface area contributed by atoms with E-state index >= 15 is 0 Å². The van der Waals surface area contributed by atoms with Crippen molar-refractivity contribution in [3.63, 3.8) is 0 Å². The van der Waals surface area contributed by atoms with Gasteiger partial charge in [-0.2, -0.15) is 0 Å². The van der Waals surface area contributed by atoms with E-state index in [0.29, 0.717) is 30.4 Å². The van der Waals surface area contributed by atoms with Crippen LogP contribution >= 0.6 is 0 Å². The second-order valence-electron chi connectivity index (χ2n) is 4.79. The highest BCUT2D eigenvalue weighted by molar-refractivity contribution is 6.00. The Labute approximate surface area is 121 Å². The van der Waals surface area contributed by atoms with Gasteiger partial charge in [0.25, 0.3) is 0 Å². The van der Waals surface area contributed by atoms with Crippen LogP contribution in [-0.4, -0.2) is 48.6 Å². The SMILES string of the molecule is CCC(CC)N(CCO)CC(=O)c1ccccc1OC. The molecule has 1 rings (SSSR count). The Kier molecular flexibility index (Phi) is 7.26. The van der Waals surface area contributed by atoms with E-state index < -0.39 is 0 Å². The van der Waals surface area contributed by atoms with Crippen molar-refractivity contribution in [2.45, 2.75) is 32.7 Å². The van der Waals surface area contributed by atoms with Gasteiger partial charge in [-0.05, 0) is 25.0 Å². The van der Waals surface area contributed by atoms with E-state index in [1.807, 2.05) is 12.1 Å². The molecule has 20 heavy (non-hydrogen) atoms. The van der Waals surface area contributed by atoms with Crippen LogP contribution in [0.25, 0.3) is 0 Å². The van der Waals surface area contributed by atoms with Gasteiger partial charge in [-0.25, -0.2) is 0 Å². The van der Waals surface area contributed by atoms with Crippen molar-refractivity contribution >= 4 is 5.78 Å². The van der Waals surface area contributed by atoms with Gasteiger partial charge >= 0.3 is 0 Å². The molecule has 1 aromatic carbocycles. The van der Waals surface area contributed by atoms with Gasteiger partial charge in [0, 0.05) is 12.6 Å². The summed E-state index contributed by atoms with van der Waals surface area (Å²) in [5, 5.41) is 9.18. The number of nitrogens with zero attached hydrogens (tertiary/aromatic N) is 1. The van der Waals surface area contributed by atoms with Gasteiger partial charge in [0.15, 0.2) is 5.78 Å². The number of carbonyl (C=O) groups excluding carboxylic acids is 1. The zero-order valence-electron chi connectivity index (χ0n) is 12.6. The first-order valence-electron chi connectivity index (χ1n) is 7.18. The predicted octanol–water partition coefficient (Wildman–Crippen LogP) is 2.36. The maximum Gasteiger partial charge on any atom is 0.180 e. The minimum Gasteiger partial charge on any atom is -0.496 e. The number of carbonyl (C=O) groups is 1. The molecule has 0 aliphatic rings. The van der Waals surface area contributed by atoms with Crippen molar-refractivity contribution in [1.29, 1.82) is 0 Å². The van der Waals surface area contributed by atoms with Crippen LogP contribution in [0.2, 0.25) is 0 Å². The number of aliphatic hydroxyl groups excluding tert-OH is 1. The maximum absolute atomic E-state index is 12.4. The quantitative estimate of drug-likeness (QED) is 0.705. The van der Waals surface area contributed by atoms with E-state index in [9.17, 15) is 9.90 Å². The van der Waals surface area contributed by atoms with E-state index in [4.69, 9.17) is 4.74 Å². The van der Waals surface area contributed by atoms with E-state index in [0.717, 1.165) is 12.8 Å². The van der Waals surface area contributed by atoms with Gasteiger partial charge in [0.05, 0.1) is 25.8 Å². The zero-order chi connectivity index (χ0) is 15.0. The standard InChI is InChI=1S/C16H25NO3/c1-4-13(5-2)17(10-11-18)12-15(19)14-8-6-7-9-16(14)20-3/h6-9,13,18H,4-5,10-12H2,1-3H3. The molecule has 0 atom stereocenters. The molecule has 0 aliphatic heterocycles. The minimum absolute atomic E-state index is 0.0304. The van der Waals surface area contributed by atoms with Crippen molar-refractivity contribution < 1.29 is 14.6 Å². The lowest BCUT2D eigenvalue weighted by Crippen LogP contribution is -2.40. The van der Waals surface area contributed by atoms with Gasteiger partial charge in [0.1, 0.15) is 5.75 Å². The maximum atomic E-state index is 12.4. The van der Waals surface area contributed by atoms with E-state index in [1.165, 1.54) is 0 Å². The number of Topliss-reactive ketones (excluding diaryl/α,β-unsaturated/α-hetero) is 1. The average molecular weight is 279 g/mol. The Balaban J connectivity index is 2.84. The number of ether oxygens (including phenoxy) is 1. The predicted molar refractivity (Wildman–Crippen MR) is 80.4 cm³/mol. The number of rotatable bonds is 9. The molecule has 4 heteroatoms. The summed E-state index contributed by atoms with van der Waals surface area (Å²) in [6, 6.07) is 7.58. The summed E-state index contributed by atoms with van der Waals surface area (Å²) in [5.74, 6) is 0.633. The Bertz CT molecular complexity index is 416. The van der Waals surface area contributed by atoms with Crippen molar-refractivity contribution in [2.24, 2.45) is 0 Å². The summed E-state index contributed by atoms with van der Waals surface area (Å²) >= 11 is 0. The number of aliphatic hydroxyl groups is 1. The molecule has 1 N–H and O–H groups in total. The summed E-state index contributed by atoms with van der Waals surface area (Å²) in [6.07, 6.45) is 1.94. The highest BCUT2D eigenvalue weighted by atomic mass is 16.5. The second kappa shape index (κ2) is 8.72. The number of benzene rings is 1. The van der Waals surface area contributed by atoms with Gasteiger partial charge in [-0.1, -0.05) is 26.0 Å². The molecule has 0 aromatic heterocycles. The van der Waals surface area contributed by atoms with Crippen LogP contribution in [0.5, 0.6) is 5.75 Å². The molecule has 0 spiro atoms. The van der Waals surface area contributed by atoms with Crippen LogP contribution in [0.4, 0.5) is 0 Å². The Morgan fingerprint density at radius 1 is 1.30 bits per heavy atom. The van der Waals surface area contributed by atoms with Crippen molar-refractivity contribution in [2.75, 3.05) is 26.8 Å². The van der Waals surface area contributed by atoms with Crippen LogP contribution in [0.1, 0.15) is 37.0 Å². The third-order valence-electron chi connectivity index (χ3n) is 3.60. The van der Waals surface area contributed by atoms with Crippen molar-refractivity contribution in [3.05, 3.63) is 29.8 Å². The fourth-order valence-corrected chi connectivity index (χ4v) is 2.47. The highest BCUT2D eigenvalue weighted by Gasteiger charge is 2.20. The molecule has 112 valence electrons. The molecule has 0 saturated carbocycles. The summed E-state index contributed by atoms with van der Waals surface area (Å²) < 4.78 is 5.23. The Morgan fingerprint density at radius 2 is 1.95 bits per heavy atom. The summed E-state index contributed by atoms with van der Waals surface area (Å²) in [5.41, 5.74) is 0.601. The largest absolute Gasteiger partial charge is 0.496 e. The molecule has 0 radical (unpaired) electrons. The third kappa shape index (κ3) is 4.32. The zero-order valence-corrected chi connectivity index (χ0v) is 12.6. The number of methoxy groups -OCH3 is 1. The molecule has 0 heterocycles. The molecule has 0 saturated heterocycles. The molecule has 0 bridgehead atoms. The lowest BCUT2D eigenvalue weighted by atomic mass is 10.1. The molecule has 0 aliphatic carbocycles. The minimum atomic E-state index is 0.0304. The normalized spacial score (nSPS) is 11.1. The molecule has 0 unspecified atom stereocenters. The third-order valence-corrected chi connectivity index (χ3v) is 3.60. The summed E-state index contributed by atoms with van der Waals surface area (Å²) in [4.78, 5) is 14.5. The molecule has 4 nitrogen and oxygen atoms in total. The molecular formula is C16H25NO3. The van der Waals surface area contributed by atoms with Crippen LogP contribution in [0.15, 0.2) is 24.3 Å². The molecule has 0 fully saturated rings. The summed E-state index contributed by atoms with van der Waals surface area (Å²) in [7, 11) is 1.57. The lowest BCUT2D eigenvalue weighted by Gasteiger charge is -2.29. The molecule has 0 amide bonds. The van der Waals surface area contributed by atoms with Crippen molar-refractivity contribution in [3.8, 4) is 5.75 Å². The smallest absolute Gasteiger partial charge is 0.180 e. The number of hydrogen-bond donors (Lipinski definition) is 1. The second-order valence-corrected chi connectivity index (χ2v) is 4.79. The van der Waals surface area contributed by atoms with Crippen LogP contribution in [-0.2, 0) is 0 Å². The van der Waals surface area contributed by atoms with E-state index in [2.05, 4.69) is 18.7 Å². The van der Waals surface area contributed by atoms with Crippen molar-refractivity contribution in [1.82, 2.24) is 4.90 Å². The number of para-hydroxylation sites is 1. The molecule has 1 aromatic rings. The van der Waals surface area contributed by atoms with Gasteiger partial charge in [-0.15, -0.1) is 0 Å². The van der Waals surface area contributed by atoms with Gasteiger partial charge < -0.3 is 9.84 Å². The fraction of sp³-hybridized carbons (Fsp3) is 0.562. The monoisotopic (exact) mass is 279 g/mol. The van der Waals surface area contributed by atoms with E-state index in [-0.39, 0.29) is 12.4 Å². The first-order chi connectivity index (χ1) is 9.67. The van der Waals surface area contributed by atoms with Crippen LogP contribution < -0.4 is 4.74 Å². The average Bonchev–Trinajstić information content (AvgIpc) is 2.48.